The number of aliphatic carboxylic acids is 1. The van der Waals surface area contributed by atoms with Crippen LogP contribution in [0.15, 0.2) is 90.3 Å². The third-order valence-electron chi connectivity index (χ3n) is 7.34. The first-order chi connectivity index (χ1) is 19.5. The van der Waals surface area contributed by atoms with E-state index in [-0.39, 0.29) is 18.9 Å². The summed E-state index contributed by atoms with van der Waals surface area (Å²) in [7, 11) is 0. The molecule has 0 radical (unpaired) electrons. The number of hydrogen-bond donors (Lipinski definition) is 2. The van der Waals surface area contributed by atoms with Crippen LogP contribution in [0.25, 0.3) is 22.0 Å². The van der Waals surface area contributed by atoms with E-state index in [0.29, 0.717) is 12.1 Å². The van der Waals surface area contributed by atoms with E-state index >= 15 is 0 Å². The Bertz CT molecular complexity index is 1690. The van der Waals surface area contributed by atoms with Gasteiger partial charge in [0.05, 0.1) is 18.7 Å². The van der Waals surface area contributed by atoms with Gasteiger partial charge in [-0.25, -0.2) is 4.98 Å². The molecule has 1 heterocycles. The Hall–Kier alpha value is -4.49. The van der Waals surface area contributed by atoms with Crippen molar-refractivity contribution < 1.29 is 14.7 Å². The van der Waals surface area contributed by atoms with Crippen molar-refractivity contribution in [2.45, 2.75) is 32.2 Å². The van der Waals surface area contributed by atoms with Crippen LogP contribution in [0.4, 0.5) is 10.8 Å². The summed E-state index contributed by atoms with van der Waals surface area (Å²) in [5, 5.41) is 16.9. The number of nitrogens with one attached hydrogen (secondary N) is 1. The van der Waals surface area contributed by atoms with Crippen molar-refractivity contribution in [2.24, 2.45) is 0 Å². The van der Waals surface area contributed by atoms with Crippen LogP contribution in [0.2, 0.25) is 0 Å². The summed E-state index contributed by atoms with van der Waals surface area (Å²) in [4.78, 5) is 30.5. The van der Waals surface area contributed by atoms with Crippen LogP contribution >= 0.6 is 11.3 Å². The van der Waals surface area contributed by atoms with Crippen molar-refractivity contribution in [1.82, 2.24) is 10.3 Å². The zero-order chi connectivity index (χ0) is 27.5. The van der Waals surface area contributed by atoms with Gasteiger partial charge in [-0.3, -0.25) is 9.59 Å². The molecule has 5 aromatic rings. The molecule has 1 aliphatic carbocycles. The maximum Gasteiger partial charge on any atom is 0.305 e. The number of aromatic nitrogens is 1. The second-order valence-electron chi connectivity index (χ2n) is 10.1. The summed E-state index contributed by atoms with van der Waals surface area (Å²) >= 11 is 1.63. The molecule has 200 valence electrons. The zero-order valence-electron chi connectivity index (χ0n) is 22.0. The first-order valence-corrected chi connectivity index (χ1v) is 14.3. The first kappa shape index (κ1) is 25.8. The number of carboxylic acids is 1. The lowest BCUT2D eigenvalue weighted by molar-refractivity contribution is -0.136. The van der Waals surface area contributed by atoms with Crippen molar-refractivity contribution in [3.63, 3.8) is 0 Å². The molecule has 0 unspecified atom stereocenters. The predicted octanol–water partition coefficient (Wildman–Crippen LogP) is 6.99. The number of thiazole rings is 1. The summed E-state index contributed by atoms with van der Waals surface area (Å²) in [6.07, 6.45) is 3.32. The lowest BCUT2D eigenvalue weighted by atomic mass is 10.1. The van der Waals surface area contributed by atoms with E-state index in [2.05, 4.69) is 76.3 Å². The van der Waals surface area contributed by atoms with Gasteiger partial charge >= 0.3 is 5.97 Å². The summed E-state index contributed by atoms with van der Waals surface area (Å²) < 4.78 is 0. The molecule has 0 saturated heterocycles. The molecule has 6 rings (SSSR count). The molecule has 1 aliphatic rings. The lowest BCUT2D eigenvalue weighted by Crippen LogP contribution is -2.26. The standard InChI is InChI=1S/C33H29N3O3S/c37-31(38)16-17-34-32(39)25-10-8-22(9-11-25)20-36(29-15-14-24-6-3-7-27(24)19-29)33-35-30(21-40-33)28-13-12-23-4-1-2-5-26(23)18-28/h1-2,4-5,8-15,18-19,21H,3,6-7,16-17,20H2,(H,34,39)(H,37,38). The quantitative estimate of drug-likeness (QED) is 0.208. The van der Waals surface area contributed by atoms with Crippen molar-refractivity contribution in [3.8, 4) is 11.3 Å². The van der Waals surface area contributed by atoms with E-state index in [1.54, 1.807) is 23.5 Å². The number of fused-ring (bicyclic) bond motifs is 2. The number of carbonyl (C=O) groups excluding carboxylic acids is 1. The highest BCUT2D eigenvalue weighted by Crippen LogP contribution is 2.36. The molecule has 0 saturated carbocycles. The molecule has 40 heavy (non-hydrogen) atoms. The van der Waals surface area contributed by atoms with E-state index in [1.807, 2.05) is 12.1 Å². The number of rotatable bonds is 9. The predicted molar refractivity (Wildman–Crippen MR) is 160 cm³/mol. The minimum absolute atomic E-state index is 0.103. The summed E-state index contributed by atoms with van der Waals surface area (Å²) in [5.41, 5.74) is 7.53. The minimum atomic E-state index is -0.937. The van der Waals surface area contributed by atoms with Gasteiger partial charge in [0.25, 0.3) is 5.91 Å². The number of nitrogens with zero attached hydrogens (tertiary/aromatic N) is 2. The van der Waals surface area contributed by atoms with Crippen molar-refractivity contribution in [3.05, 3.63) is 113 Å². The number of carbonyl (C=O) groups is 2. The van der Waals surface area contributed by atoms with E-state index < -0.39 is 5.97 Å². The van der Waals surface area contributed by atoms with Crippen LogP contribution in [0.3, 0.4) is 0 Å². The Balaban J connectivity index is 1.28. The average Bonchev–Trinajstić information content (AvgIpc) is 3.65. The number of amides is 1. The maximum atomic E-state index is 12.4. The van der Waals surface area contributed by atoms with Crippen molar-refractivity contribution in [1.29, 1.82) is 0 Å². The molecular weight excluding hydrogens is 518 g/mol. The molecule has 1 aromatic heterocycles. The van der Waals surface area contributed by atoms with E-state index in [4.69, 9.17) is 10.1 Å². The molecule has 4 aromatic carbocycles. The Morgan fingerprint density at radius 2 is 1.70 bits per heavy atom. The molecule has 1 amide bonds. The van der Waals surface area contributed by atoms with Crippen LogP contribution in [-0.4, -0.2) is 28.5 Å². The summed E-state index contributed by atoms with van der Waals surface area (Å²) in [5.74, 6) is -1.21. The highest BCUT2D eigenvalue weighted by atomic mass is 32.1. The van der Waals surface area contributed by atoms with Gasteiger partial charge < -0.3 is 15.3 Å². The number of aryl methyl sites for hydroxylation is 2. The number of benzene rings is 4. The molecule has 0 atom stereocenters. The SMILES string of the molecule is O=C(O)CCNC(=O)c1ccc(CN(c2ccc3c(c2)CCC3)c2nc(-c3ccc4ccccc4c3)cs2)cc1. The molecule has 0 bridgehead atoms. The number of carboxylic acid groups (broad SMARTS) is 1. The fraction of sp³-hybridized carbons (Fsp3) is 0.182. The average molecular weight is 548 g/mol. The lowest BCUT2D eigenvalue weighted by Gasteiger charge is -2.23. The van der Waals surface area contributed by atoms with E-state index in [9.17, 15) is 9.59 Å². The first-order valence-electron chi connectivity index (χ1n) is 13.5. The Labute approximate surface area is 236 Å². The fourth-order valence-electron chi connectivity index (χ4n) is 5.19. The maximum absolute atomic E-state index is 12.4. The van der Waals surface area contributed by atoms with E-state index in [1.165, 1.54) is 28.3 Å². The zero-order valence-corrected chi connectivity index (χ0v) is 22.8. The minimum Gasteiger partial charge on any atom is -0.481 e. The molecule has 0 aliphatic heterocycles. The largest absolute Gasteiger partial charge is 0.481 e. The van der Waals surface area contributed by atoms with Crippen molar-refractivity contribution >= 4 is 44.8 Å². The molecular formula is C33H29N3O3S. The monoisotopic (exact) mass is 547 g/mol. The van der Waals surface area contributed by atoms with Gasteiger partial charge in [-0.1, -0.05) is 54.6 Å². The fourth-order valence-corrected chi connectivity index (χ4v) is 6.05. The van der Waals surface area contributed by atoms with Gasteiger partial charge in [-0.2, -0.15) is 0 Å². The van der Waals surface area contributed by atoms with Crippen LogP contribution in [-0.2, 0) is 24.2 Å². The van der Waals surface area contributed by atoms with Gasteiger partial charge in [0.15, 0.2) is 5.13 Å². The normalized spacial score (nSPS) is 12.3. The van der Waals surface area contributed by atoms with E-state index in [0.717, 1.165) is 40.5 Å². The van der Waals surface area contributed by atoms with Crippen LogP contribution < -0.4 is 10.2 Å². The van der Waals surface area contributed by atoms with Crippen LogP contribution in [0, 0.1) is 0 Å². The number of anilines is 2. The topological polar surface area (TPSA) is 82.5 Å². The van der Waals surface area contributed by atoms with Gasteiger partial charge in [-0.05, 0) is 77.1 Å². The van der Waals surface area contributed by atoms with Crippen LogP contribution in [0.5, 0.6) is 0 Å². The summed E-state index contributed by atoms with van der Waals surface area (Å²) in [6, 6.07) is 29.0. The highest BCUT2D eigenvalue weighted by Gasteiger charge is 2.19. The molecule has 0 fully saturated rings. The van der Waals surface area contributed by atoms with Gasteiger partial charge in [0, 0.05) is 28.7 Å². The Morgan fingerprint density at radius 1 is 0.900 bits per heavy atom. The van der Waals surface area contributed by atoms with Gasteiger partial charge in [0.2, 0.25) is 0 Å². The number of hydrogen-bond acceptors (Lipinski definition) is 5. The molecule has 7 heteroatoms. The third-order valence-corrected chi connectivity index (χ3v) is 8.21. The second kappa shape index (κ2) is 11.3. The molecule has 2 N–H and O–H groups in total. The van der Waals surface area contributed by atoms with Crippen LogP contribution in [0.1, 0.15) is 39.9 Å². The third kappa shape index (κ3) is 5.60. The molecule has 0 spiro atoms. The Morgan fingerprint density at radius 3 is 2.52 bits per heavy atom. The highest BCUT2D eigenvalue weighted by molar-refractivity contribution is 7.14. The summed E-state index contributed by atoms with van der Waals surface area (Å²) in [6.45, 7) is 0.704. The smallest absolute Gasteiger partial charge is 0.305 e. The Kier molecular flexibility index (Phi) is 7.29. The van der Waals surface area contributed by atoms with Gasteiger partial charge in [0.1, 0.15) is 0 Å². The second-order valence-corrected chi connectivity index (χ2v) is 10.9. The van der Waals surface area contributed by atoms with Gasteiger partial charge in [-0.15, -0.1) is 11.3 Å². The van der Waals surface area contributed by atoms with Crippen molar-refractivity contribution in [2.75, 3.05) is 11.4 Å². The molecule has 6 nitrogen and oxygen atoms in total.